The summed E-state index contributed by atoms with van der Waals surface area (Å²) in [7, 11) is 0. The molecule has 0 bridgehead atoms. The van der Waals surface area contributed by atoms with Gasteiger partial charge in [-0.05, 0) is 35.4 Å². The zero-order chi connectivity index (χ0) is 35.7. The van der Waals surface area contributed by atoms with Gasteiger partial charge in [0, 0.05) is 24.8 Å². The smallest absolute Gasteiger partial charge is 0.543 e. The van der Waals surface area contributed by atoms with Crippen LogP contribution in [0.15, 0.2) is 59.9 Å². The van der Waals surface area contributed by atoms with Crippen LogP contribution in [0.25, 0.3) is 0 Å². The summed E-state index contributed by atoms with van der Waals surface area (Å²) >= 11 is 1.11. The van der Waals surface area contributed by atoms with Gasteiger partial charge in [-0.15, -0.1) is 11.8 Å². The molecule has 20 heteroatoms. The van der Waals surface area contributed by atoms with Gasteiger partial charge in [0.2, 0.25) is 24.5 Å². The first kappa shape index (κ1) is 37.0. The standard InChI is InChI=1S/C31H29N7O11S.Na/c1-14(39)47-11-17-12-50-28-22(27(43)38(28)24(17)29(44)45)35-26(42)23(16-3-5-18(40)6-4-16)37(30(32)46)19-10-34-31(36-25(19)41)33-9-15-2-7-20-21(8-15)49-13-48-20;/h2-8,10,22-23,28,40H,9,11-13H2,1H3,(H2,32,46)(H,35,42)(H,44,45)(H2,33,34,36,41);/q;+1/p-1/t22?,23?,28-;/m0./s1. The van der Waals surface area contributed by atoms with E-state index in [2.05, 4.69) is 20.6 Å². The number of carbonyl (C=O) groups is 5. The number of hydrogen-bond acceptors (Lipinski definition) is 15. The van der Waals surface area contributed by atoms with Crippen LogP contribution in [-0.2, 0) is 30.5 Å². The second-order valence-corrected chi connectivity index (χ2v) is 12.2. The third-order valence-electron chi connectivity index (χ3n) is 7.84. The molecule has 2 unspecified atom stereocenters. The third kappa shape index (κ3) is 7.60. The van der Waals surface area contributed by atoms with Gasteiger partial charge in [-0.3, -0.25) is 24.2 Å². The monoisotopic (exact) mass is 729 g/mol. The van der Waals surface area contributed by atoms with Crippen LogP contribution in [-0.4, -0.2) is 85.4 Å². The molecule has 18 nitrogen and oxygen atoms in total. The van der Waals surface area contributed by atoms with E-state index in [0.29, 0.717) is 11.5 Å². The van der Waals surface area contributed by atoms with Crippen molar-refractivity contribution in [3.05, 3.63) is 71.1 Å². The zero-order valence-corrected chi connectivity index (χ0v) is 29.8. The summed E-state index contributed by atoms with van der Waals surface area (Å²) in [5, 5.41) is 37.5. The number of nitrogens with one attached hydrogen (secondary N) is 2. The van der Waals surface area contributed by atoms with Crippen molar-refractivity contribution < 1.29 is 83.1 Å². The average molecular weight is 730 g/mol. The van der Waals surface area contributed by atoms with Crippen molar-refractivity contribution in [2.45, 2.75) is 30.9 Å². The van der Waals surface area contributed by atoms with Crippen LogP contribution in [0.2, 0.25) is 0 Å². The molecule has 4 heterocycles. The molecule has 6 rings (SSSR count). The van der Waals surface area contributed by atoms with Crippen LogP contribution in [0, 0.1) is 0 Å². The third-order valence-corrected chi connectivity index (χ3v) is 9.18. The SMILES string of the molecule is CC(=O)OCC1=C(C(=O)[O-])N2C(=O)C(NC(=O)C(c3ccc(O)cc3)N(C(N)=O)c3cnc(NCc4ccc5c(c4)OCO5)nc3O)[C@@H]2SC1.[Na+]. The van der Waals surface area contributed by atoms with Gasteiger partial charge in [0.1, 0.15) is 35.5 Å². The molecule has 1 saturated heterocycles. The van der Waals surface area contributed by atoms with E-state index >= 15 is 0 Å². The molecule has 3 aromatic rings. The fraction of sp³-hybridized carbons (Fsp3) is 0.258. The maximum atomic E-state index is 14.0. The average Bonchev–Trinajstić information content (AvgIpc) is 3.56. The van der Waals surface area contributed by atoms with Gasteiger partial charge in [0.15, 0.2) is 11.5 Å². The summed E-state index contributed by atoms with van der Waals surface area (Å²) in [5.41, 5.74) is 5.97. The topological polar surface area (TPSA) is 259 Å². The van der Waals surface area contributed by atoms with Gasteiger partial charge in [0.25, 0.3) is 5.91 Å². The van der Waals surface area contributed by atoms with Crippen molar-refractivity contribution in [3.8, 4) is 23.1 Å². The molecule has 1 fully saturated rings. The van der Waals surface area contributed by atoms with Gasteiger partial charge in [0.05, 0.1) is 17.9 Å². The largest absolute Gasteiger partial charge is 1.00 e. The van der Waals surface area contributed by atoms with Gasteiger partial charge in [-0.2, -0.15) is 4.98 Å². The van der Waals surface area contributed by atoms with Gasteiger partial charge in [-0.1, -0.05) is 18.2 Å². The molecule has 0 radical (unpaired) electrons. The number of nitrogens with two attached hydrogens (primary N) is 1. The maximum Gasteiger partial charge on any atom is 1.00 e. The molecular weight excluding hydrogens is 701 g/mol. The maximum absolute atomic E-state index is 14.0. The predicted octanol–water partition coefficient (Wildman–Crippen LogP) is -3.17. The number of carboxylic acid groups (broad SMARTS) is 1. The number of ether oxygens (including phenoxy) is 3. The summed E-state index contributed by atoms with van der Waals surface area (Å²) in [6.45, 7) is 1.12. The van der Waals surface area contributed by atoms with Crippen LogP contribution < -0.4 is 65.4 Å². The number of carboxylic acids is 1. The number of benzene rings is 2. The van der Waals surface area contributed by atoms with Crippen LogP contribution in [0.5, 0.6) is 23.1 Å². The molecule has 0 aliphatic carbocycles. The Morgan fingerprint density at radius 1 is 1.16 bits per heavy atom. The number of nitrogens with zero attached hydrogens (tertiary/aromatic N) is 4. The fourth-order valence-electron chi connectivity index (χ4n) is 5.52. The molecule has 4 amide bonds. The van der Waals surface area contributed by atoms with Gasteiger partial charge >= 0.3 is 41.6 Å². The molecule has 2 aromatic carbocycles. The number of phenolic OH excluding ortho intramolecular Hbond substituents is 1. The zero-order valence-electron chi connectivity index (χ0n) is 27.0. The van der Waals surface area contributed by atoms with E-state index in [0.717, 1.165) is 40.2 Å². The summed E-state index contributed by atoms with van der Waals surface area (Å²) in [4.78, 5) is 73.4. The van der Waals surface area contributed by atoms with E-state index in [1.54, 1.807) is 18.2 Å². The Hall–Kier alpha value is -5.24. The van der Waals surface area contributed by atoms with E-state index < -0.39 is 58.8 Å². The Morgan fingerprint density at radius 2 is 1.88 bits per heavy atom. The van der Waals surface area contributed by atoms with Crippen molar-refractivity contribution in [2.24, 2.45) is 5.73 Å². The quantitative estimate of drug-likeness (QED) is 0.0741. The van der Waals surface area contributed by atoms with Crippen LogP contribution in [0.3, 0.4) is 0 Å². The Morgan fingerprint density at radius 3 is 2.55 bits per heavy atom. The minimum Gasteiger partial charge on any atom is -0.543 e. The summed E-state index contributed by atoms with van der Waals surface area (Å²) in [6.07, 6.45) is 1.07. The van der Waals surface area contributed by atoms with E-state index in [4.69, 9.17) is 19.9 Å². The van der Waals surface area contributed by atoms with E-state index in [-0.39, 0.29) is 83.8 Å². The molecule has 1 aromatic heterocycles. The van der Waals surface area contributed by atoms with E-state index in [9.17, 15) is 39.3 Å². The first-order valence-electron chi connectivity index (χ1n) is 14.8. The van der Waals surface area contributed by atoms with Crippen LogP contribution in [0.4, 0.5) is 16.4 Å². The Balaban J connectivity index is 0.00000504. The van der Waals surface area contributed by atoms with E-state index in [1.807, 2.05) is 0 Å². The number of anilines is 2. The number of rotatable bonds is 11. The number of phenols is 1. The molecule has 3 atom stereocenters. The number of hydrogen-bond donors (Lipinski definition) is 5. The number of fused-ring (bicyclic) bond motifs is 2. The van der Waals surface area contributed by atoms with Gasteiger partial charge in [-0.25, -0.2) is 9.78 Å². The molecule has 3 aliphatic heterocycles. The van der Waals surface area contributed by atoms with Gasteiger partial charge < -0.3 is 50.7 Å². The number of amides is 4. The second kappa shape index (κ2) is 15.3. The number of β-lactam (4-membered cyclic amide) rings is 1. The number of aliphatic carboxylic acids is 1. The van der Waals surface area contributed by atoms with Crippen molar-refractivity contribution in [1.29, 1.82) is 0 Å². The Bertz CT molecular complexity index is 1930. The number of aromatic hydroxyl groups is 2. The molecule has 0 spiro atoms. The van der Waals surface area contributed by atoms with Crippen molar-refractivity contribution >= 4 is 53.2 Å². The molecule has 260 valence electrons. The number of carbonyl (C=O) groups excluding carboxylic acids is 5. The fourth-order valence-corrected chi connectivity index (χ4v) is 6.84. The Kier molecular flexibility index (Phi) is 11.1. The summed E-state index contributed by atoms with van der Waals surface area (Å²) in [6, 6.07) is 6.36. The number of primary amides is 1. The predicted molar refractivity (Wildman–Crippen MR) is 170 cm³/mol. The second-order valence-electron chi connectivity index (χ2n) is 11.1. The number of aromatic nitrogens is 2. The molecule has 3 aliphatic rings. The molecular formula is C31H28N7NaO11S. The molecule has 51 heavy (non-hydrogen) atoms. The minimum absolute atomic E-state index is 0. The first-order valence-corrected chi connectivity index (χ1v) is 15.9. The summed E-state index contributed by atoms with van der Waals surface area (Å²) < 4.78 is 15.6. The Labute approximate surface area is 315 Å². The number of thioether (sulfide) groups is 1. The van der Waals surface area contributed by atoms with Crippen LogP contribution >= 0.6 is 11.8 Å². The van der Waals surface area contributed by atoms with E-state index in [1.165, 1.54) is 24.3 Å². The van der Waals surface area contributed by atoms with Crippen molar-refractivity contribution in [3.63, 3.8) is 0 Å². The van der Waals surface area contributed by atoms with Crippen molar-refractivity contribution in [2.75, 3.05) is 29.4 Å². The number of urea groups is 1. The van der Waals surface area contributed by atoms with Crippen LogP contribution in [0.1, 0.15) is 24.1 Å². The molecule has 0 saturated carbocycles. The number of esters is 1. The minimum atomic E-state index is -1.67. The van der Waals surface area contributed by atoms with Crippen molar-refractivity contribution in [1.82, 2.24) is 20.2 Å². The molecule has 6 N–H and O–H groups in total. The summed E-state index contributed by atoms with van der Waals surface area (Å²) in [5.74, 6) is -3.74. The normalized spacial score (nSPS) is 17.7. The first-order chi connectivity index (χ1) is 23.9.